The molecule has 1 atom stereocenters. The molecule has 1 saturated heterocycles. The van der Waals surface area contributed by atoms with Crippen LogP contribution in [0.4, 0.5) is 0 Å². The first kappa shape index (κ1) is 17.1. The second kappa shape index (κ2) is 7.00. The molecule has 3 heterocycles. The fraction of sp³-hybridized carbons (Fsp3) is 0.471. The van der Waals surface area contributed by atoms with Crippen LogP contribution < -0.4 is 0 Å². The summed E-state index contributed by atoms with van der Waals surface area (Å²) in [7, 11) is 0. The number of carbonyl (C=O) groups is 2. The summed E-state index contributed by atoms with van der Waals surface area (Å²) in [5.74, 6) is 0.740. The van der Waals surface area contributed by atoms with E-state index in [0.717, 1.165) is 5.56 Å². The van der Waals surface area contributed by atoms with Crippen LogP contribution in [0.5, 0.6) is 0 Å². The Balaban J connectivity index is 1.82. The zero-order chi connectivity index (χ0) is 18.0. The van der Waals surface area contributed by atoms with Crippen LogP contribution in [0, 0.1) is 13.8 Å². The van der Waals surface area contributed by atoms with Crippen LogP contribution in [0.3, 0.4) is 0 Å². The topological polar surface area (TPSA) is 92.4 Å². The van der Waals surface area contributed by atoms with Crippen molar-refractivity contribution in [2.75, 3.05) is 19.6 Å². The molecule has 25 heavy (non-hydrogen) atoms. The molecule has 1 unspecified atom stereocenters. The van der Waals surface area contributed by atoms with Gasteiger partial charge in [0.2, 0.25) is 11.8 Å². The SMILES string of the molecule is CC(=O)N1CCN(C(=O)c2ncccc2C)CCC1c1nc(C)no1. The van der Waals surface area contributed by atoms with Gasteiger partial charge in [-0.05, 0) is 31.9 Å². The normalized spacial score (nSPS) is 18.1. The smallest absolute Gasteiger partial charge is 0.272 e. The van der Waals surface area contributed by atoms with Gasteiger partial charge in [0, 0.05) is 32.8 Å². The number of pyridine rings is 1. The van der Waals surface area contributed by atoms with Crippen molar-refractivity contribution in [1.82, 2.24) is 24.9 Å². The second-order valence-corrected chi connectivity index (χ2v) is 6.16. The van der Waals surface area contributed by atoms with E-state index >= 15 is 0 Å². The molecule has 2 aromatic heterocycles. The highest BCUT2D eigenvalue weighted by Gasteiger charge is 2.33. The molecule has 132 valence electrons. The van der Waals surface area contributed by atoms with Crippen molar-refractivity contribution < 1.29 is 14.1 Å². The minimum absolute atomic E-state index is 0.0795. The van der Waals surface area contributed by atoms with Crippen molar-refractivity contribution in [2.45, 2.75) is 33.2 Å². The molecular weight excluding hydrogens is 322 g/mol. The van der Waals surface area contributed by atoms with Gasteiger partial charge in [0.15, 0.2) is 5.82 Å². The third-order valence-corrected chi connectivity index (χ3v) is 4.39. The van der Waals surface area contributed by atoms with Crippen LogP contribution in [0.1, 0.15) is 47.2 Å². The molecule has 0 aliphatic carbocycles. The summed E-state index contributed by atoms with van der Waals surface area (Å²) < 4.78 is 5.27. The number of rotatable bonds is 2. The van der Waals surface area contributed by atoms with Crippen LogP contribution in [0.2, 0.25) is 0 Å². The fourth-order valence-corrected chi connectivity index (χ4v) is 3.07. The number of amides is 2. The minimum Gasteiger partial charge on any atom is -0.337 e. The van der Waals surface area contributed by atoms with Crippen LogP contribution in [-0.2, 0) is 4.79 Å². The molecule has 2 amide bonds. The lowest BCUT2D eigenvalue weighted by Crippen LogP contribution is -2.37. The summed E-state index contributed by atoms with van der Waals surface area (Å²) in [6.45, 7) is 6.46. The molecule has 3 rings (SSSR count). The van der Waals surface area contributed by atoms with E-state index in [9.17, 15) is 9.59 Å². The molecule has 1 fully saturated rings. The van der Waals surface area contributed by atoms with Crippen LogP contribution in [-0.4, -0.2) is 56.4 Å². The Labute approximate surface area is 145 Å². The standard InChI is InChI=1S/C17H21N5O3/c1-11-5-4-7-18-15(11)17(24)21-8-6-14(16-19-12(2)20-25-16)22(10-9-21)13(3)23/h4-5,7,14H,6,8-10H2,1-3H3. The van der Waals surface area contributed by atoms with Gasteiger partial charge in [-0.25, -0.2) is 0 Å². The van der Waals surface area contributed by atoms with E-state index in [1.54, 1.807) is 29.0 Å². The summed E-state index contributed by atoms with van der Waals surface area (Å²) in [4.78, 5) is 36.8. The molecular formula is C17H21N5O3. The van der Waals surface area contributed by atoms with E-state index < -0.39 is 0 Å². The molecule has 8 nitrogen and oxygen atoms in total. The number of aryl methyl sites for hydroxylation is 2. The Bertz CT molecular complexity index is 788. The van der Waals surface area contributed by atoms with E-state index in [-0.39, 0.29) is 17.9 Å². The van der Waals surface area contributed by atoms with Crippen molar-refractivity contribution >= 4 is 11.8 Å². The Morgan fingerprint density at radius 2 is 2.04 bits per heavy atom. The summed E-state index contributed by atoms with van der Waals surface area (Å²) in [6.07, 6.45) is 2.16. The number of hydrogen-bond donors (Lipinski definition) is 0. The van der Waals surface area contributed by atoms with E-state index in [2.05, 4.69) is 15.1 Å². The molecule has 2 aromatic rings. The lowest BCUT2D eigenvalue weighted by atomic mass is 10.1. The highest BCUT2D eigenvalue weighted by atomic mass is 16.5. The van der Waals surface area contributed by atoms with E-state index in [1.165, 1.54) is 6.92 Å². The Morgan fingerprint density at radius 3 is 2.68 bits per heavy atom. The van der Waals surface area contributed by atoms with Gasteiger partial charge in [-0.3, -0.25) is 14.6 Å². The predicted octanol–water partition coefficient (Wildman–Crippen LogP) is 1.52. The highest BCUT2D eigenvalue weighted by molar-refractivity contribution is 5.93. The summed E-state index contributed by atoms with van der Waals surface area (Å²) >= 11 is 0. The van der Waals surface area contributed by atoms with E-state index in [4.69, 9.17) is 4.52 Å². The van der Waals surface area contributed by atoms with E-state index in [0.29, 0.717) is 43.5 Å². The average Bonchev–Trinajstić information content (AvgIpc) is 2.89. The van der Waals surface area contributed by atoms with Crippen LogP contribution in [0.25, 0.3) is 0 Å². The van der Waals surface area contributed by atoms with Crippen LogP contribution >= 0.6 is 0 Å². The molecule has 0 spiro atoms. The lowest BCUT2D eigenvalue weighted by Gasteiger charge is -2.25. The molecule has 0 saturated carbocycles. The lowest BCUT2D eigenvalue weighted by molar-refractivity contribution is -0.131. The van der Waals surface area contributed by atoms with Gasteiger partial charge in [-0.15, -0.1) is 0 Å². The van der Waals surface area contributed by atoms with Crippen LogP contribution in [0.15, 0.2) is 22.9 Å². The third kappa shape index (κ3) is 3.52. The third-order valence-electron chi connectivity index (χ3n) is 4.39. The Hall–Kier alpha value is -2.77. The number of nitrogens with zero attached hydrogens (tertiary/aromatic N) is 5. The maximum atomic E-state index is 12.8. The summed E-state index contributed by atoms with van der Waals surface area (Å²) in [5.41, 5.74) is 1.29. The first-order valence-electron chi connectivity index (χ1n) is 8.25. The molecule has 1 aliphatic rings. The van der Waals surface area contributed by atoms with Crippen molar-refractivity contribution in [3.63, 3.8) is 0 Å². The van der Waals surface area contributed by atoms with Crippen molar-refractivity contribution in [2.24, 2.45) is 0 Å². The zero-order valence-electron chi connectivity index (χ0n) is 14.6. The van der Waals surface area contributed by atoms with Gasteiger partial charge < -0.3 is 14.3 Å². The highest BCUT2D eigenvalue weighted by Crippen LogP contribution is 2.26. The zero-order valence-corrected chi connectivity index (χ0v) is 14.6. The van der Waals surface area contributed by atoms with Gasteiger partial charge >= 0.3 is 0 Å². The summed E-state index contributed by atoms with van der Waals surface area (Å²) in [5, 5.41) is 3.81. The molecule has 0 aromatic carbocycles. The minimum atomic E-state index is -0.318. The van der Waals surface area contributed by atoms with Crippen molar-refractivity contribution in [1.29, 1.82) is 0 Å². The van der Waals surface area contributed by atoms with Crippen molar-refractivity contribution in [3.05, 3.63) is 41.3 Å². The quantitative estimate of drug-likeness (QED) is 0.821. The maximum absolute atomic E-state index is 12.8. The summed E-state index contributed by atoms with van der Waals surface area (Å²) in [6, 6.07) is 3.35. The molecule has 0 radical (unpaired) electrons. The number of carbonyl (C=O) groups excluding carboxylic acids is 2. The van der Waals surface area contributed by atoms with E-state index in [1.807, 2.05) is 13.0 Å². The molecule has 8 heteroatoms. The van der Waals surface area contributed by atoms with Gasteiger partial charge in [0.1, 0.15) is 11.7 Å². The Morgan fingerprint density at radius 1 is 1.24 bits per heavy atom. The monoisotopic (exact) mass is 343 g/mol. The number of aromatic nitrogens is 3. The first-order chi connectivity index (χ1) is 12.0. The first-order valence-corrected chi connectivity index (χ1v) is 8.25. The Kier molecular flexibility index (Phi) is 4.78. The second-order valence-electron chi connectivity index (χ2n) is 6.16. The largest absolute Gasteiger partial charge is 0.337 e. The van der Waals surface area contributed by atoms with Gasteiger partial charge in [-0.1, -0.05) is 11.2 Å². The molecule has 0 N–H and O–H groups in total. The average molecular weight is 343 g/mol. The molecule has 1 aliphatic heterocycles. The van der Waals surface area contributed by atoms with Gasteiger partial charge in [-0.2, -0.15) is 4.98 Å². The number of hydrogen-bond acceptors (Lipinski definition) is 6. The predicted molar refractivity (Wildman–Crippen MR) is 88.7 cm³/mol. The maximum Gasteiger partial charge on any atom is 0.272 e. The van der Waals surface area contributed by atoms with Gasteiger partial charge in [0.25, 0.3) is 5.91 Å². The van der Waals surface area contributed by atoms with Crippen molar-refractivity contribution in [3.8, 4) is 0 Å². The van der Waals surface area contributed by atoms with Gasteiger partial charge in [0.05, 0.1) is 0 Å². The fourth-order valence-electron chi connectivity index (χ4n) is 3.07. The molecule has 0 bridgehead atoms.